The van der Waals surface area contributed by atoms with Gasteiger partial charge in [-0.15, -0.1) is 0 Å². The third kappa shape index (κ3) is 2.06. The van der Waals surface area contributed by atoms with E-state index in [9.17, 15) is 0 Å². The van der Waals surface area contributed by atoms with Gasteiger partial charge in [0.05, 0.1) is 17.9 Å². The van der Waals surface area contributed by atoms with Crippen LogP contribution < -0.4 is 0 Å². The van der Waals surface area contributed by atoms with E-state index in [1.807, 2.05) is 23.9 Å². The maximum atomic E-state index is 4.42. The molecule has 15 heavy (non-hydrogen) atoms. The Morgan fingerprint density at radius 2 is 2.07 bits per heavy atom. The summed E-state index contributed by atoms with van der Waals surface area (Å²) in [5.41, 5.74) is 4.53. The van der Waals surface area contributed by atoms with Gasteiger partial charge in [0.1, 0.15) is 0 Å². The van der Waals surface area contributed by atoms with Gasteiger partial charge < -0.3 is 0 Å². The first-order valence-electron chi connectivity index (χ1n) is 5.08. The molecule has 0 bridgehead atoms. The van der Waals surface area contributed by atoms with Crippen molar-refractivity contribution in [2.24, 2.45) is 0 Å². The van der Waals surface area contributed by atoms with Crippen molar-refractivity contribution in [2.75, 3.05) is 0 Å². The maximum Gasteiger partial charge on any atom is 0.0837 e. The molecule has 0 saturated carbocycles. The highest BCUT2D eigenvalue weighted by Gasteiger charge is 2.04. The summed E-state index contributed by atoms with van der Waals surface area (Å²) in [6, 6.07) is 6.12. The smallest absolute Gasteiger partial charge is 0.0837 e. The summed E-state index contributed by atoms with van der Waals surface area (Å²) < 4.78 is 1.99. The van der Waals surface area contributed by atoms with Crippen LogP contribution in [-0.2, 0) is 6.54 Å². The van der Waals surface area contributed by atoms with Gasteiger partial charge in [-0.25, -0.2) is 0 Å². The molecule has 0 atom stereocenters. The average Bonchev–Trinajstić information content (AvgIpc) is 2.49. The molecule has 0 fully saturated rings. The molecule has 0 saturated heterocycles. The molecule has 0 aliphatic rings. The Morgan fingerprint density at radius 1 is 1.27 bits per heavy atom. The van der Waals surface area contributed by atoms with E-state index in [-0.39, 0.29) is 0 Å². The molecular formula is C12H15N3. The lowest BCUT2D eigenvalue weighted by molar-refractivity contribution is 0.644. The highest BCUT2D eigenvalue weighted by Crippen LogP contribution is 2.08. The summed E-state index contributed by atoms with van der Waals surface area (Å²) in [5, 5.41) is 4.42. The van der Waals surface area contributed by atoms with Gasteiger partial charge in [-0.05, 0) is 38.5 Å². The van der Waals surface area contributed by atoms with Gasteiger partial charge in [-0.2, -0.15) is 5.10 Å². The number of nitrogens with zero attached hydrogens (tertiary/aromatic N) is 3. The second-order valence-corrected chi connectivity index (χ2v) is 3.85. The van der Waals surface area contributed by atoms with E-state index in [4.69, 9.17) is 0 Å². The van der Waals surface area contributed by atoms with Crippen LogP contribution in [0.1, 0.15) is 22.6 Å². The summed E-state index contributed by atoms with van der Waals surface area (Å²) in [6.45, 7) is 6.91. The average molecular weight is 201 g/mol. The van der Waals surface area contributed by atoms with Crippen LogP contribution in [0.15, 0.2) is 24.4 Å². The second-order valence-electron chi connectivity index (χ2n) is 3.85. The number of hydrogen-bond acceptors (Lipinski definition) is 2. The Balaban J connectivity index is 2.29. The van der Waals surface area contributed by atoms with Gasteiger partial charge in [0.2, 0.25) is 0 Å². The highest BCUT2D eigenvalue weighted by atomic mass is 15.3. The fraction of sp³-hybridized carbons (Fsp3) is 0.333. The fourth-order valence-corrected chi connectivity index (χ4v) is 1.66. The monoisotopic (exact) mass is 201 g/mol. The molecule has 2 aromatic rings. The summed E-state index contributed by atoms with van der Waals surface area (Å²) in [4.78, 5) is 4.36. The Morgan fingerprint density at radius 3 is 2.67 bits per heavy atom. The van der Waals surface area contributed by atoms with Gasteiger partial charge >= 0.3 is 0 Å². The van der Waals surface area contributed by atoms with E-state index >= 15 is 0 Å². The van der Waals surface area contributed by atoms with Crippen LogP contribution in [0.3, 0.4) is 0 Å². The molecular weight excluding hydrogens is 186 g/mol. The standard InChI is InChI=1S/C12H15N3/c1-9-5-4-6-13-12(9)8-15-11(3)7-10(2)14-15/h4-7H,8H2,1-3H3. The Bertz CT molecular complexity index is 471. The summed E-state index contributed by atoms with van der Waals surface area (Å²) in [5.74, 6) is 0. The van der Waals surface area contributed by atoms with Crippen molar-refractivity contribution >= 4 is 0 Å². The Hall–Kier alpha value is -1.64. The molecule has 0 aliphatic heterocycles. The zero-order valence-electron chi connectivity index (χ0n) is 9.36. The van der Waals surface area contributed by atoms with Crippen LogP contribution >= 0.6 is 0 Å². The molecule has 0 N–H and O–H groups in total. The fourth-order valence-electron chi connectivity index (χ4n) is 1.66. The van der Waals surface area contributed by atoms with Crippen LogP contribution in [0.25, 0.3) is 0 Å². The normalized spacial score (nSPS) is 10.6. The predicted octanol–water partition coefficient (Wildman–Crippen LogP) is 2.25. The third-order valence-electron chi connectivity index (χ3n) is 2.52. The summed E-state index contributed by atoms with van der Waals surface area (Å²) in [6.07, 6.45) is 1.83. The Labute approximate surface area is 89.8 Å². The molecule has 2 rings (SSSR count). The minimum Gasteiger partial charge on any atom is -0.264 e. The van der Waals surface area contributed by atoms with Crippen LogP contribution in [0, 0.1) is 20.8 Å². The molecule has 3 heteroatoms. The van der Waals surface area contributed by atoms with Gasteiger partial charge in [0.25, 0.3) is 0 Å². The second kappa shape index (κ2) is 3.85. The first-order chi connectivity index (χ1) is 7.16. The molecule has 0 spiro atoms. The first kappa shape index (κ1) is 9.90. The molecule has 78 valence electrons. The van der Waals surface area contributed by atoms with Crippen LogP contribution in [0.4, 0.5) is 0 Å². The lowest BCUT2D eigenvalue weighted by atomic mass is 10.2. The molecule has 2 aromatic heterocycles. The summed E-state index contributed by atoms with van der Waals surface area (Å²) >= 11 is 0. The van der Waals surface area contributed by atoms with E-state index in [0.717, 1.165) is 17.9 Å². The predicted molar refractivity (Wildman–Crippen MR) is 59.8 cm³/mol. The highest BCUT2D eigenvalue weighted by molar-refractivity contribution is 5.19. The van der Waals surface area contributed by atoms with Gasteiger partial charge in [-0.3, -0.25) is 9.67 Å². The minimum atomic E-state index is 0.756. The summed E-state index contributed by atoms with van der Waals surface area (Å²) in [7, 11) is 0. The zero-order chi connectivity index (χ0) is 10.8. The molecule has 0 unspecified atom stereocenters. The van der Waals surface area contributed by atoms with E-state index in [1.54, 1.807) is 0 Å². The van der Waals surface area contributed by atoms with Crippen LogP contribution in [0.2, 0.25) is 0 Å². The molecule has 2 heterocycles. The lowest BCUT2D eigenvalue weighted by Crippen LogP contribution is -2.06. The number of hydrogen-bond donors (Lipinski definition) is 0. The molecule has 0 radical (unpaired) electrons. The molecule has 0 aromatic carbocycles. The first-order valence-corrected chi connectivity index (χ1v) is 5.08. The molecule has 0 aliphatic carbocycles. The topological polar surface area (TPSA) is 30.7 Å². The van der Waals surface area contributed by atoms with E-state index < -0.39 is 0 Å². The van der Waals surface area contributed by atoms with Crippen molar-refractivity contribution in [3.8, 4) is 0 Å². The third-order valence-corrected chi connectivity index (χ3v) is 2.52. The lowest BCUT2D eigenvalue weighted by Gasteiger charge is -2.06. The number of pyridine rings is 1. The van der Waals surface area contributed by atoms with Crippen molar-refractivity contribution in [3.63, 3.8) is 0 Å². The van der Waals surface area contributed by atoms with E-state index in [1.165, 1.54) is 11.3 Å². The van der Waals surface area contributed by atoms with E-state index in [2.05, 4.69) is 36.1 Å². The quantitative estimate of drug-likeness (QED) is 0.746. The largest absolute Gasteiger partial charge is 0.264 e. The van der Waals surface area contributed by atoms with Crippen molar-refractivity contribution < 1.29 is 0 Å². The Kier molecular flexibility index (Phi) is 2.54. The van der Waals surface area contributed by atoms with Crippen LogP contribution in [0.5, 0.6) is 0 Å². The molecule has 0 amide bonds. The number of aromatic nitrogens is 3. The van der Waals surface area contributed by atoms with Crippen molar-refractivity contribution in [1.82, 2.24) is 14.8 Å². The van der Waals surface area contributed by atoms with Crippen molar-refractivity contribution in [2.45, 2.75) is 27.3 Å². The van der Waals surface area contributed by atoms with Crippen molar-refractivity contribution in [3.05, 3.63) is 47.0 Å². The zero-order valence-corrected chi connectivity index (χ0v) is 9.36. The minimum absolute atomic E-state index is 0.756. The number of aryl methyl sites for hydroxylation is 3. The maximum absolute atomic E-state index is 4.42. The van der Waals surface area contributed by atoms with Crippen molar-refractivity contribution in [1.29, 1.82) is 0 Å². The SMILES string of the molecule is Cc1cc(C)n(Cc2ncccc2C)n1. The van der Waals surface area contributed by atoms with Gasteiger partial charge in [-0.1, -0.05) is 6.07 Å². The van der Waals surface area contributed by atoms with Gasteiger partial charge in [0, 0.05) is 11.9 Å². The van der Waals surface area contributed by atoms with E-state index in [0.29, 0.717) is 0 Å². The molecule has 3 nitrogen and oxygen atoms in total. The number of rotatable bonds is 2. The van der Waals surface area contributed by atoms with Crippen LogP contribution in [-0.4, -0.2) is 14.8 Å². The van der Waals surface area contributed by atoms with Gasteiger partial charge in [0.15, 0.2) is 0 Å².